The fourth-order valence-corrected chi connectivity index (χ4v) is 1.59. The molecule has 0 aliphatic carbocycles. The first kappa shape index (κ1) is 14.0. The van der Waals surface area contributed by atoms with Gasteiger partial charge in [0.2, 0.25) is 0 Å². The molecule has 0 spiro atoms. The molecular formula is C14H17NO3. The Morgan fingerprint density at radius 1 is 1.22 bits per heavy atom. The van der Waals surface area contributed by atoms with Gasteiger partial charge >= 0.3 is 5.97 Å². The zero-order valence-electron chi connectivity index (χ0n) is 10.6. The van der Waals surface area contributed by atoms with Gasteiger partial charge in [0.1, 0.15) is 0 Å². The number of rotatable bonds is 5. The minimum absolute atomic E-state index is 0.113. The van der Waals surface area contributed by atoms with Crippen molar-refractivity contribution in [3.63, 3.8) is 0 Å². The Morgan fingerprint density at radius 2 is 1.72 bits per heavy atom. The van der Waals surface area contributed by atoms with Gasteiger partial charge in [-0.2, -0.15) is 0 Å². The molecule has 0 aliphatic rings. The maximum atomic E-state index is 12.1. The highest BCUT2D eigenvalue weighted by Gasteiger charge is 2.14. The average Bonchev–Trinajstić information content (AvgIpc) is 2.35. The molecule has 0 aromatic heterocycles. The van der Waals surface area contributed by atoms with Gasteiger partial charge in [-0.25, -0.2) is 4.79 Å². The van der Waals surface area contributed by atoms with Crippen LogP contribution in [0.15, 0.2) is 36.4 Å². The minimum atomic E-state index is -0.997. The number of nitrogens with zero attached hydrogens (tertiary/aromatic N) is 1. The molecule has 0 saturated heterocycles. The summed E-state index contributed by atoms with van der Waals surface area (Å²) in [6.45, 7) is 8.64. The third kappa shape index (κ3) is 3.45. The number of carboxylic acid groups (broad SMARTS) is 1. The SMILES string of the molecule is C=C(C)CN(CC)C(=O)c1ccc(C(=O)O)cc1. The lowest BCUT2D eigenvalue weighted by molar-refractivity contribution is 0.0694. The third-order valence-electron chi connectivity index (χ3n) is 2.51. The molecule has 0 heterocycles. The molecule has 0 atom stereocenters. The van der Waals surface area contributed by atoms with Crippen LogP contribution >= 0.6 is 0 Å². The van der Waals surface area contributed by atoms with Crippen LogP contribution < -0.4 is 0 Å². The first-order chi connectivity index (χ1) is 8.45. The van der Waals surface area contributed by atoms with Crippen LogP contribution in [0, 0.1) is 0 Å². The highest BCUT2D eigenvalue weighted by atomic mass is 16.4. The summed E-state index contributed by atoms with van der Waals surface area (Å²) in [4.78, 5) is 24.5. The van der Waals surface area contributed by atoms with Crippen LogP contribution in [-0.4, -0.2) is 35.0 Å². The van der Waals surface area contributed by atoms with Gasteiger partial charge in [0.15, 0.2) is 0 Å². The molecule has 0 bridgehead atoms. The zero-order valence-corrected chi connectivity index (χ0v) is 10.6. The second kappa shape index (κ2) is 6.00. The number of carboxylic acids is 1. The summed E-state index contributed by atoms with van der Waals surface area (Å²) in [7, 11) is 0. The normalized spacial score (nSPS) is 9.89. The first-order valence-corrected chi connectivity index (χ1v) is 5.72. The smallest absolute Gasteiger partial charge is 0.335 e. The van der Waals surface area contributed by atoms with Crippen molar-refractivity contribution in [3.8, 4) is 0 Å². The molecule has 4 heteroatoms. The second-order valence-corrected chi connectivity index (χ2v) is 4.16. The van der Waals surface area contributed by atoms with Gasteiger partial charge in [0, 0.05) is 18.7 Å². The van der Waals surface area contributed by atoms with Crippen LogP contribution in [0.3, 0.4) is 0 Å². The van der Waals surface area contributed by atoms with Crippen molar-refractivity contribution in [2.75, 3.05) is 13.1 Å². The van der Waals surface area contributed by atoms with E-state index in [4.69, 9.17) is 5.11 Å². The standard InChI is InChI=1S/C14H17NO3/c1-4-15(9-10(2)3)13(16)11-5-7-12(8-6-11)14(17)18/h5-8H,2,4,9H2,1,3H3,(H,17,18). The monoisotopic (exact) mass is 247 g/mol. The summed E-state index contributed by atoms with van der Waals surface area (Å²) < 4.78 is 0. The molecule has 1 aromatic carbocycles. The molecule has 1 amide bonds. The van der Waals surface area contributed by atoms with E-state index in [0.29, 0.717) is 18.7 Å². The maximum Gasteiger partial charge on any atom is 0.335 e. The molecule has 4 nitrogen and oxygen atoms in total. The van der Waals surface area contributed by atoms with Crippen molar-refractivity contribution in [1.29, 1.82) is 0 Å². The average molecular weight is 247 g/mol. The molecule has 1 aromatic rings. The van der Waals surface area contributed by atoms with Crippen LogP contribution in [0.2, 0.25) is 0 Å². The predicted molar refractivity (Wildman–Crippen MR) is 69.8 cm³/mol. The summed E-state index contributed by atoms with van der Waals surface area (Å²) in [5.74, 6) is -1.11. The van der Waals surface area contributed by atoms with Crippen molar-refractivity contribution in [1.82, 2.24) is 4.90 Å². The minimum Gasteiger partial charge on any atom is -0.478 e. The van der Waals surface area contributed by atoms with Crippen molar-refractivity contribution in [3.05, 3.63) is 47.5 Å². The second-order valence-electron chi connectivity index (χ2n) is 4.16. The summed E-state index contributed by atoms with van der Waals surface area (Å²) >= 11 is 0. The molecular weight excluding hydrogens is 230 g/mol. The fourth-order valence-electron chi connectivity index (χ4n) is 1.59. The van der Waals surface area contributed by atoms with Crippen molar-refractivity contribution < 1.29 is 14.7 Å². The molecule has 18 heavy (non-hydrogen) atoms. The Morgan fingerprint density at radius 3 is 2.11 bits per heavy atom. The summed E-state index contributed by atoms with van der Waals surface area (Å²) in [5, 5.41) is 8.78. The van der Waals surface area contributed by atoms with Gasteiger partial charge in [0.05, 0.1) is 5.56 Å². The summed E-state index contributed by atoms with van der Waals surface area (Å²) in [6.07, 6.45) is 0. The molecule has 1 N–H and O–H groups in total. The highest BCUT2D eigenvalue weighted by Crippen LogP contribution is 2.09. The Kier molecular flexibility index (Phi) is 4.66. The molecule has 96 valence electrons. The van der Waals surface area contributed by atoms with Crippen LogP contribution in [0.4, 0.5) is 0 Å². The number of benzene rings is 1. The molecule has 1 rings (SSSR count). The van der Waals surface area contributed by atoms with E-state index in [1.54, 1.807) is 4.90 Å². The topological polar surface area (TPSA) is 57.6 Å². The maximum absolute atomic E-state index is 12.1. The van der Waals surface area contributed by atoms with E-state index in [0.717, 1.165) is 5.57 Å². The largest absolute Gasteiger partial charge is 0.478 e. The number of likely N-dealkylation sites (N-methyl/N-ethyl adjacent to an activating group) is 1. The van der Waals surface area contributed by atoms with E-state index in [-0.39, 0.29) is 11.5 Å². The van der Waals surface area contributed by atoms with E-state index in [9.17, 15) is 9.59 Å². The number of carbonyl (C=O) groups excluding carboxylic acids is 1. The van der Waals surface area contributed by atoms with Gasteiger partial charge in [-0.05, 0) is 38.1 Å². The lowest BCUT2D eigenvalue weighted by Crippen LogP contribution is -2.32. The lowest BCUT2D eigenvalue weighted by Gasteiger charge is -2.21. The van der Waals surface area contributed by atoms with E-state index in [1.807, 2.05) is 13.8 Å². The Labute approximate surface area is 107 Å². The van der Waals surface area contributed by atoms with E-state index >= 15 is 0 Å². The number of hydrogen-bond donors (Lipinski definition) is 1. The number of carbonyl (C=O) groups is 2. The van der Waals surface area contributed by atoms with Gasteiger partial charge in [-0.1, -0.05) is 12.2 Å². The van der Waals surface area contributed by atoms with Crippen LogP contribution in [0.5, 0.6) is 0 Å². The van der Waals surface area contributed by atoms with Gasteiger partial charge in [-0.15, -0.1) is 0 Å². The van der Waals surface area contributed by atoms with Gasteiger partial charge in [0.25, 0.3) is 5.91 Å². The number of amides is 1. The van der Waals surface area contributed by atoms with Gasteiger partial charge < -0.3 is 10.0 Å². The predicted octanol–water partition coefficient (Wildman–Crippen LogP) is 2.42. The van der Waals surface area contributed by atoms with Crippen LogP contribution in [0.25, 0.3) is 0 Å². The summed E-state index contributed by atoms with van der Waals surface area (Å²) in [5.41, 5.74) is 1.57. The Hall–Kier alpha value is -2.10. The molecule has 0 fully saturated rings. The molecule has 0 radical (unpaired) electrons. The van der Waals surface area contributed by atoms with Crippen LogP contribution in [-0.2, 0) is 0 Å². The zero-order chi connectivity index (χ0) is 13.7. The molecule has 0 unspecified atom stereocenters. The lowest BCUT2D eigenvalue weighted by atomic mass is 10.1. The van der Waals surface area contributed by atoms with Crippen molar-refractivity contribution in [2.24, 2.45) is 0 Å². The number of aromatic carboxylic acids is 1. The van der Waals surface area contributed by atoms with Crippen molar-refractivity contribution in [2.45, 2.75) is 13.8 Å². The van der Waals surface area contributed by atoms with Crippen molar-refractivity contribution >= 4 is 11.9 Å². The quantitative estimate of drug-likeness (QED) is 0.813. The molecule has 0 saturated carbocycles. The first-order valence-electron chi connectivity index (χ1n) is 5.72. The van der Waals surface area contributed by atoms with Gasteiger partial charge in [-0.3, -0.25) is 4.79 Å². The third-order valence-corrected chi connectivity index (χ3v) is 2.51. The Balaban J connectivity index is 2.88. The van der Waals surface area contributed by atoms with Crippen LogP contribution in [0.1, 0.15) is 34.6 Å². The molecule has 0 aliphatic heterocycles. The highest BCUT2D eigenvalue weighted by molar-refractivity contribution is 5.96. The Bertz CT molecular complexity index is 462. The van der Waals surface area contributed by atoms with E-state index in [1.165, 1.54) is 24.3 Å². The van der Waals surface area contributed by atoms with E-state index < -0.39 is 5.97 Å². The number of hydrogen-bond acceptors (Lipinski definition) is 2. The van der Waals surface area contributed by atoms with E-state index in [2.05, 4.69) is 6.58 Å². The fraction of sp³-hybridized carbons (Fsp3) is 0.286. The summed E-state index contributed by atoms with van der Waals surface area (Å²) in [6, 6.07) is 5.94.